The molecular weight excluding hydrogens is 278 g/mol. The standard InChI is InChI=1S/C19H32ClN/c1-4-6-7-8-9-10-11-12-19(21-5-2)18-14-13-17(20)15-16(18)3/h13-15,19,21H,4-12H2,1-3H3. The topological polar surface area (TPSA) is 12.0 Å². The summed E-state index contributed by atoms with van der Waals surface area (Å²) in [7, 11) is 0. The molecular formula is C19H32ClN. The van der Waals surface area contributed by atoms with Gasteiger partial charge in [0.15, 0.2) is 0 Å². The van der Waals surface area contributed by atoms with Gasteiger partial charge >= 0.3 is 0 Å². The number of hydrogen-bond donors (Lipinski definition) is 1. The van der Waals surface area contributed by atoms with Crippen molar-refractivity contribution in [1.82, 2.24) is 5.32 Å². The molecule has 1 N–H and O–H groups in total. The minimum Gasteiger partial charge on any atom is -0.310 e. The lowest BCUT2D eigenvalue weighted by molar-refractivity contribution is 0.474. The SMILES string of the molecule is CCCCCCCCCC(NCC)c1ccc(Cl)cc1C. The van der Waals surface area contributed by atoms with Crippen LogP contribution in [0.15, 0.2) is 18.2 Å². The Hall–Kier alpha value is -0.530. The lowest BCUT2D eigenvalue weighted by Gasteiger charge is -2.20. The maximum atomic E-state index is 6.07. The molecule has 0 saturated carbocycles. The van der Waals surface area contributed by atoms with Crippen LogP contribution in [-0.4, -0.2) is 6.54 Å². The van der Waals surface area contributed by atoms with Crippen molar-refractivity contribution in [1.29, 1.82) is 0 Å². The quantitative estimate of drug-likeness (QED) is 0.464. The van der Waals surface area contributed by atoms with E-state index in [0.717, 1.165) is 11.6 Å². The minimum absolute atomic E-state index is 0.475. The summed E-state index contributed by atoms with van der Waals surface area (Å²) in [4.78, 5) is 0. The van der Waals surface area contributed by atoms with E-state index in [9.17, 15) is 0 Å². The van der Waals surface area contributed by atoms with Gasteiger partial charge in [0.25, 0.3) is 0 Å². The highest BCUT2D eigenvalue weighted by atomic mass is 35.5. The Bertz CT molecular complexity index is 389. The van der Waals surface area contributed by atoms with Crippen LogP contribution < -0.4 is 5.32 Å². The molecule has 1 aromatic rings. The zero-order valence-corrected chi connectivity index (χ0v) is 14.8. The van der Waals surface area contributed by atoms with E-state index in [1.165, 1.54) is 62.5 Å². The highest BCUT2D eigenvalue weighted by molar-refractivity contribution is 6.30. The van der Waals surface area contributed by atoms with Crippen LogP contribution in [0.1, 0.15) is 82.4 Å². The Balaban J connectivity index is 2.39. The third-order valence-corrected chi connectivity index (χ3v) is 4.39. The summed E-state index contributed by atoms with van der Waals surface area (Å²) in [6, 6.07) is 6.75. The van der Waals surface area contributed by atoms with Crippen LogP contribution in [-0.2, 0) is 0 Å². The Labute approximate surface area is 136 Å². The lowest BCUT2D eigenvalue weighted by Crippen LogP contribution is -2.21. The third-order valence-electron chi connectivity index (χ3n) is 4.15. The van der Waals surface area contributed by atoms with Crippen molar-refractivity contribution in [3.05, 3.63) is 34.3 Å². The average molecular weight is 310 g/mol. The Morgan fingerprint density at radius 2 is 1.67 bits per heavy atom. The second-order valence-corrected chi connectivity index (χ2v) is 6.46. The van der Waals surface area contributed by atoms with Gasteiger partial charge < -0.3 is 5.32 Å². The summed E-state index contributed by atoms with van der Waals surface area (Å²) in [5.41, 5.74) is 2.71. The number of unbranched alkanes of at least 4 members (excludes halogenated alkanes) is 6. The maximum Gasteiger partial charge on any atom is 0.0408 e. The molecule has 0 aliphatic heterocycles. The molecule has 21 heavy (non-hydrogen) atoms. The van der Waals surface area contributed by atoms with Crippen molar-refractivity contribution < 1.29 is 0 Å². The van der Waals surface area contributed by atoms with Gasteiger partial charge in [-0.1, -0.05) is 76.5 Å². The Kier molecular flexibility index (Phi) is 9.78. The molecule has 0 fully saturated rings. The summed E-state index contributed by atoms with van der Waals surface area (Å²) in [5.74, 6) is 0. The molecule has 0 heterocycles. The molecule has 0 spiro atoms. The fourth-order valence-electron chi connectivity index (χ4n) is 2.95. The van der Waals surface area contributed by atoms with E-state index in [0.29, 0.717) is 6.04 Å². The van der Waals surface area contributed by atoms with E-state index in [1.807, 2.05) is 6.07 Å². The lowest BCUT2D eigenvalue weighted by atomic mass is 9.96. The molecule has 0 saturated heterocycles. The molecule has 0 bridgehead atoms. The average Bonchev–Trinajstić information content (AvgIpc) is 2.45. The van der Waals surface area contributed by atoms with Gasteiger partial charge in [-0.15, -0.1) is 0 Å². The van der Waals surface area contributed by atoms with Crippen LogP contribution >= 0.6 is 11.6 Å². The normalized spacial score (nSPS) is 12.6. The summed E-state index contributed by atoms with van der Waals surface area (Å²) >= 11 is 6.07. The first-order valence-corrected chi connectivity index (χ1v) is 9.06. The van der Waals surface area contributed by atoms with E-state index < -0.39 is 0 Å². The molecule has 0 aliphatic carbocycles. The predicted molar refractivity (Wildman–Crippen MR) is 95.2 cm³/mol. The van der Waals surface area contributed by atoms with E-state index in [-0.39, 0.29) is 0 Å². The van der Waals surface area contributed by atoms with Gasteiger partial charge in [-0.05, 0) is 43.1 Å². The van der Waals surface area contributed by atoms with Crippen molar-refractivity contribution in [3.63, 3.8) is 0 Å². The summed E-state index contributed by atoms with van der Waals surface area (Å²) in [5, 5.41) is 4.46. The fraction of sp³-hybridized carbons (Fsp3) is 0.684. The van der Waals surface area contributed by atoms with Gasteiger partial charge in [-0.3, -0.25) is 0 Å². The summed E-state index contributed by atoms with van der Waals surface area (Å²) in [6.45, 7) is 7.64. The molecule has 0 aromatic heterocycles. The van der Waals surface area contributed by atoms with Crippen LogP contribution in [0, 0.1) is 6.92 Å². The number of benzene rings is 1. The minimum atomic E-state index is 0.475. The van der Waals surface area contributed by atoms with E-state index in [2.05, 4.69) is 38.2 Å². The Morgan fingerprint density at radius 1 is 1.00 bits per heavy atom. The Morgan fingerprint density at radius 3 is 2.29 bits per heavy atom. The van der Waals surface area contributed by atoms with Crippen molar-refractivity contribution in [2.75, 3.05) is 6.54 Å². The van der Waals surface area contributed by atoms with Gasteiger partial charge in [0.05, 0.1) is 0 Å². The second-order valence-electron chi connectivity index (χ2n) is 6.02. The molecule has 0 aliphatic rings. The largest absolute Gasteiger partial charge is 0.310 e. The monoisotopic (exact) mass is 309 g/mol. The van der Waals surface area contributed by atoms with E-state index in [1.54, 1.807) is 0 Å². The molecule has 1 atom stereocenters. The molecule has 1 nitrogen and oxygen atoms in total. The first-order chi connectivity index (χ1) is 10.2. The highest BCUT2D eigenvalue weighted by Gasteiger charge is 2.12. The van der Waals surface area contributed by atoms with Crippen LogP contribution in [0.3, 0.4) is 0 Å². The summed E-state index contributed by atoms with van der Waals surface area (Å²) < 4.78 is 0. The molecule has 0 amide bonds. The number of nitrogens with one attached hydrogen (secondary N) is 1. The van der Waals surface area contributed by atoms with E-state index >= 15 is 0 Å². The zero-order valence-electron chi connectivity index (χ0n) is 14.1. The van der Waals surface area contributed by atoms with Gasteiger partial charge in [-0.2, -0.15) is 0 Å². The first-order valence-electron chi connectivity index (χ1n) is 8.68. The second kappa shape index (κ2) is 11.1. The van der Waals surface area contributed by atoms with Crippen molar-refractivity contribution >= 4 is 11.6 Å². The zero-order chi connectivity index (χ0) is 15.5. The van der Waals surface area contributed by atoms with Crippen molar-refractivity contribution in [2.24, 2.45) is 0 Å². The summed E-state index contributed by atoms with van der Waals surface area (Å²) in [6.07, 6.45) is 10.8. The highest BCUT2D eigenvalue weighted by Crippen LogP contribution is 2.25. The molecule has 0 radical (unpaired) electrons. The number of aryl methyl sites for hydroxylation is 1. The number of hydrogen-bond acceptors (Lipinski definition) is 1. The van der Waals surface area contributed by atoms with Gasteiger partial charge in [-0.25, -0.2) is 0 Å². The van der Waals surface area contributed by atoms with Crippen molar-refractivity contribution in [2.45, 2.75) is 78.2 Å². The van der Waals surface area contributed by atoms with Crippen LogP contribution in [0.25, 0.3) is 0 Å². The molecule has 1 aromatic carbocycles. The van der Waals surface area contributed by atoms with Crippen molar-refractivity contribution in [3.8, 4) is 0 Å². The smallest absolute Gasteiger partial charge is 0.0408 e. The van der Waals surface area contributed by atoms with Gasteiger partial charge in [0, 0.05) is 11.1 Å². The van der Waals surface area contributed by atoms with E-state index in [4.69, 9.17) is 11.6 Å². The third kappa shape index (κ3) is 7.33. The molecule has 120 valence electrons. The molecule has 2 heteroatoms. The first kappa shape index (κ1) is 18.5. The van der Waals surface area contributed by atoms with Crippen LogP contribution in [0.2, 0.25) is 5.02 Å². The van der Waals surface area contributed by atoms with Crippen LogP contribution in [0.4, 0.5) is 0 Å². The number of rotatable bonds is 11. The predicted octanol–water partition coefficient (Wildman–Crippen LogP) is 6.44. The fourth-order valence-corrected chi connectivity index (χ4v) is 3.18. The van der Waals surface area contributed by atoms with Gasteiger partial charge in [0.2, 0.25) is 0 Å². The maximum absolute atomic E-state index is 6.07. The molecule has 1 rings (SSSR count). The van der Waals surface area contributed by atoms with Gasteiger partial charge in [0.1, 0.15) is 0 Å². The van der Waals surface area contributed by atoms with Crippen LogP contribution in [0.5, 0.6) is 0 Å². The number of halogens is 1. The molecule has 1 unspecified atom stereocenters.